The van der Waals surface area contributed by atoms with E-state index in [1.54, 1.807) is 6.33 Å². The molecule has 1 fully saturated rings. The summed E-state index contributed by atoms with van der Waals surface area (Å²) in [5, 5.41) is 9.11. The molecule has 0 aromatic carbocycles. The molecular weight excluding hydrogens is 358 g/mol. The molecule has 1 saturated carbocycles. The number of amides is 2. The van der Waals surface area contributed by atoms with E-state index in [9.17, 15) is 9.59 Å². The summed E-state index contributed by atoms with van der Waals surface area (Å²) in [4.78, 5) is 32.1. The summed E-state index contributed by atoms with van der Waals surface area (Å²) in [6.07, 6.45) is 4.87. The average Bonchev–Trinajstić information content (AvgIpc) is 2.67. The van der Waals surface area contributed by atoms with E-state index < -0.39 is 0 Å². The molecule has 0 spiro atoms. The van der Waals surface area contributed by atoms with Gasteiger partial charge in [0.05, 0.1) is 12.1 Å². The fraction of sp³-hybridized carbons (Fsp3) is 0.700. The molecule has 1 aliphatic carbocycles. The van der Waals surface area contributed by atoms with Crippen LogP contribution >= 0.6 is 0 Å². The Balaban J connectivity index is 1.99. The molecule has 1 aliphatic rings. The predicted octanol–water partition coefficient (Wildman–Crippen LogP) is 1.72. The van der Waals surface area contributed by atoms with E-state index in [-0.39, 0.29) is 29.9 Å². The first-order valence-corrected chi connectivity index (χ1v) is 10.1. The fourth-order valence-corrected chi connectivity index (χ4v) is 3.43. The molecule has 28 heavy (non-hydrogen) atoms. The van der Waals surface area contributed by atoms with Crippen LogP contribution in [0.1, 0.15) is 50.8 Å². The molecule has 3 atom stereocenters. The van der Waals surface area contributed by atoms with Crippen molar-refractivity contribution >= 4 is 17.6 Å². The van der Waals surface area contributed by atoms with E-state index in [0.717, 1.165) is 36.3 Å². The number of nitrogens with zero attached hydrogens (tertiary/aromatic N) is 2. The Morgan fingerprint density at radius 3 is 2.64 bits per heavy atom. The lowest BCUT2D eigenvalue weighted by atomic mass is 9.83. The summed E-state index contributed by atoms with van der Waals surface area (Å²) in [6.45, 7) is 9.09. The molecule has 0 radical (unpaired) electrons. The van der Waals surface area contributed by atoms with Crippen LogP contribution in [0.15, 0.2) is 6.33 Å². The first-order valence-electron chi connectivity index (χ1n) is 10.1. The molecule has 3 N–H and O–H groups in total. The molecule has 1 heterocycles. The highest BCUT2D eigenvalue weighted by Crippen LogP contribution is 2.30. The Bertz CT molecular complexity index is 667. The second-order valence-corrected chi connectivity index (χ2v) is 7.38. The minimum absolute atomic E-state index is 0.0133. The third-order valence-corrected chi connectivity index (χ3v) is 5.15. The molecule has 0 unspecified atom stereocenters. The zero-order valence-electron chi connectivity index (χ0n) is 17.4. The van der Waals surface area contributed by atoms with Crippen LogP contribution in [0.5, 0.6) is 0 Å². The van der Waals surface area contributed by atoms with Crippen molar-refractivity contribution in [3.8, 4) is 0 Å². The van der Waals surface area contributed by atoms with Gasteiger partial charge in [-0.1, -0.05) is 6.92 Å². The number of ether oxygens (including phenoxy) is 1. The van der Waals surface area contributed by atoms with Crippen molar-refractivity contribution in [2.45, 2.75) is 65.5 Å². The number of carbonyl (C=O) groups is 2. The largest absolute Gasteiger partial charge is 0.376 e. The van der Waals surface area contributed by atoms with Crippen molar-refractivity contribution < 1.29 is 14.3 Å². The lowest BCUT2D eigenvalue weighted by Crippen LogP contribution is -2.46. The summed E-state index contributed by atoms with van der Waals surface area (Å²) in [6, 6.07) is 0.0133. The Hall–Kier alpha value is -2.22. The van der Waals surface area contributed by atoms with Gasteiger partial charge in [-0.25, -0.2) is 9.97 Å². The highest BCUT2D eigenvalue weighted by Gasteiger charge is 2.34. The zero-order valence-corrected chi connectivity index (χ0v) is 17.4. The van der Waals surface area contributed by atoms with Crippen molar-refractivity contribution in [1.29, 1.82) is 0 Å². The summed E-state index contributed by atoms with van der Waals surface area (Å²) >= 11 is 0. The van der Waals surface area contributed by atoms with Gasteiger partial charge in [0.2, 0.25) is 11.8 Å². The monoisotopic (exact) mass is 391 g/mol. The number of hydrogen-bond donors (Lipinski definition) is 3. The highest BCUT2D eigenvalue weighted by molar-refractivity contribution is 5.79. The molecule has 0 aliphatic heterocycles. The normalized spacial score (nSPS) is 21.8. The molecular formula is C20H33N5O3. The van der Waals surface area contributed by atoms with Gasteiger partial charge in [0, 0.05) is 43.8 Å². The van der Waals surface area contributed by atoms with Crippen LogP contribution in [0.25, 0.3) is 0 Å². The fourth-order valence-electron chi connectivity index (χ4n) is 3.43. The van der Waals surface area contributed by atoms with Crippen LogP contribution in [0.4, 0.5) is 5.82 Å². The summed E-state index contributed by atoms with van der Waals surface area (Å²) in [7, 11) is 0. The smallest absolute Gasteiger partial charge is 0.223 e. The van der Waals surface area contributed by atoms with Gasteiger partial charge in [0.15, 0.2) is 0 Å². The second kappa shape index (κ2) is 10.9. The quantitative estimate of drug-likeness (QED) is 0.554. The van der Waals surface area contributed by atoms with Gasteiger partial charge in [0.1, 0.15) is 12.1 Å². The second-order valence-electron chi connectivity index (χ2n) is 7.38. The summed E-state index contributed by atoms with van der Waals surface area (Å²) < 4.78 is 6.05. The van der Waals surface area contributed by atoms with Gasteiger partial charge in [-0.2, -0.15) is 0 Å². The van der Waals surface area contributed by atoms with Crippen molar-refractivity contribution in [3.05, 3.63) is 17.6 Å². The van der Waals surface area contributed by atoms with Crippen LogP contribution in [-0.4, -0.2) is 53.6 Å². The van der Waals surface area contributed by atoms with Crippen LogP contribution in [0.2, 0.25) is 0 Å². The number of aromatic nitrogens is 2. The average molecular weight is 392 g/mol. The topological polar surface area (TPSA) is 105 Å². The number of nitrogens with one attached hydrogen (secondary N) is 3. The summed E-state index contributed by atoms with van der Waals surface area (Å²) in [5.41, 5.74) is 1.95. The number of anilines is 1. The summed E-state index contributed by atoms with van der Waals surface area (Å²) in [5.74, 6) is 0.651. The first-order chi connectivity index (χ1) is 13.4. The number of aryl methyl sites for hydroxylation is 1. The number of carbonyl (C=O) groups excluding carboxylic acids is 2. The van der Waals surface area contributed by atoms with Crippen molar-refractivity contribution in [2.24, 2.45) is 5.92 Å². The van der Waals surface area contributed by atoms with Gasteiger partial charge >= 0.3 is 0 Å². The van der Waals surface area contributed by atoms with E-state index in [1.165, 1.54) is 6.92 Å². The van der Waals surface area contributed by atoms with Crippen LogP contribution in [0.3, 0.4) is 0 Å². The number of hydrogen-bond acceptors (Lipinski definition) is 6. The minimum Gasteiger partial charge on any atom is -0.376 e. The van der Waals surface area contributed by atoms with Gasteiger partial charge in [0.25, 0.3) is 0 Å². The van der Waals surface area contributed by atoms with E-state index >= 15 is 0 Å². The van der Waals surface area contributed by atoms with E-state index in [1.807, 2.05) is 13.8 Å². The van der Waals surface area contributed by atoms with E-state index in [0.29, 0.717) is 26.1 Å². The molecule has 2 amide bonds. The molecule has 1 aromatic rings. The van der Waals surface area contributed by atoms with Gasteiger partial charge in [-0.15, -0.1) is 0 Å². The lowest BCUT2D eigenvalue weighted by molar-refractivity contribution is -0.127. The molecule has 2 rings (SSSR count). The van der Waals surface area contributed by atoms with E-state index in [4.69, 9.17) is 4.74 Å². The first kappa shape index (κ1) is 22.1. The molecule has 8 nitrogen and oxygen atoms in total. The molecule has 156 valence electrons. The van der Waals surface area contributed by atoms with Gasteiger partial charge in [-0.05, 0) is 39.5 Å². The third kappa shape index (κ3) is 6.44. The zero-order chi connectivity index (χ0) is 20.5. The predicted molar refractivity (Wildman–Crippen MR) is 108 cm³/mol. The van der Waals surface area contributed by atoms with Crippen molar-refractivity contribution in [2.75, 3.05) is 25.0 Å². The molecule has 8 heteroatoms. The Morgan fingerprint density at radius 2 is 1.93 bits per heavy atom. The Kier molecular flexibility index (Phi) is 8.63. The van der Waals surface area contributed by atoms with E-state index in [2.05, 4.69) is 32.8 Å². The molecule has 1 aromatic heterocycles. The maximum Gasteiger partial charge on any atom is 0.223 e. The Labute approximate surface area is 167 Å². The standard InChI is InChI=1S/C20H33N5O3/c1-5-10-28-18-7-6-16(20(27)22-9-8-21-15(4)26)11-17(18)25-19-13(2)14(3)23-12-24-19/h12,16-18H,5-11H2,1-4H3,(H,21,26)(H,22,27)(H,23,24,25)/t16-,17+,18+/m0/s1. The van der Waals surface area contributed by atoms with Crippen LogP contribution < -0.4 is 16.0 Å². The van der Waals surface area contributed by atoms with Crippen LogP contribution in [-0.2, 0) is 14.3 Å². The molecule has 0 saturated heterocycles. The van der Waals surface area contributed by atoms with Gasteiger partial charge < -0.3 is 20.7 Å². The van der Waals surface area contributed by atoms with Crippen molar-refractivity contribution in [1.82, 2.24) is 20.6 Å². The maximum atomic E-state index is 12.6. The molecule has 0 bridgehead atoms. The maximum absolute atomic E-state index is 12.6. The van der Waals surface area contributed by atoms with Crippen molar-refractivity contribution in [3.63, 3.8) is 0 Å². The SMILES string of the molecule is CCCO[C@@H]1CC[C@H](C(=O)NCCNC(C)=O)C[C@H]1Nc1ncnc(C)c1C. The highest BCUT2D eigenvalue weighted by atomic mass is 16.5. The lowest BCUT2D eigenvalue weighted by Gasteiger charge is -2.36. The minimum atomic E-state index is -0.0948. The third-order valence-electron chi connectivity index (χ3n) is 5.15. The Morgan fingerprint density at radius 1 is 1.18 bits per heavy atom. The number of rotatable bonds is 9. The van der Waals surface area contributed by atoms with Crippen LogP contribution in [0, 0.1) is 19.8 Å². The van der Waals surface area contributed by atoms with Gasteiger partial charge in [-0.3, -0.25) is 9.59 Å².